The zero-order valence-electron chi connectivity index (χ0n) is 17.0. The summed E-state index contributed by atoms with van der Waals surface area (Å²) in [4.78, 5) is 16.7. The highest BCUT2D eigenvalue weighted by Crippen LogP contribution is 2.25. The monoisotopic (exact) mass is 459 g/mol. The summed E-state index contributed by atoms with van der Waals surface area (Å²) in [6.45, 7) is 3.78. The molecule has 1 heterocycles. The van der Waals surface area contributed by atoms with E-state index in [2.05, 4.69) is 4.98 Å². The summed E-state index contributed by atoms with van der Waals surface area (Å²) in [7, 11) is 0. The largest absolute Gasteiger partial charge is 0.521 e. The predicted molar refractivity (Wildman–Crippen MR) is 122 cm³/mol. The minimum Gasteiger partial charge on any atom is -0.521 e. The molecule has 1 N–H and O–H groups in total. The zero-order chi connectivity index (χ0) is 22.4. The van der Waals surface area contributed by atoms with Gasteiger partial charge >= 0.3 is 12.9 Å². The van der Waals surface area contributed by atoms with E-state index in [-0.39, 0.29) is 11.4 Å². The first-order valence-electron chi connectivity index (χ1n) is 9.64. The van der Waals surface area contributed by atoms with Gasteiger partial charge in [0.15, 0.2) is 5.69 Å². The molecule has 0 saturated heterocycles. The van der Waals surface area contributed by atoms with E-state index < -0.39 is 12.9 Å². The van der Waals surface area contributed by atoms with Gasteiger partial charge in [-0.15, -0.1) is 0 Å². The van der Waals surface area contributed by atoms with E-state index in [1.807, 2.05) is 13.8 Å². The molecule has 0 radical (unpaired) electrons. The lowest BCUT2D eigenvalue weighted by molar-refractivity contribution is 0.0729. The zero-order valence-corrected chi connectivity index (χ0v) is 18.5. The lowest BCUT2D eigenvalue weighted by Crippen LogP contribution is -2.46. The summed E-state index contributed by atoms with van der Waals surface area (Å²) in [5.41, 5.74) is 0.997. The van der Waals surface area contributed by atoms with Crippen molar-refractivity contribution >= 4 is 47.0 Å². The molecule has 0 fully saturated rings. The Balaban J connectivity index is 2.02. The smallest absolute Gasteiger partial charge is 0.430 e. The molecular weight excluding hydrogens is 440 g/mol. The van der Waals surface area contributed by atoms with Crippen LogP contribution in [-0.2, 0) is 4.65 Å². The van der Waals surface area contributed by atoms with Crippen molar-refractivity contribution in [1.82, 2.24) is 4.98 Å². The van der Waals surface area contributed by atoms with Crippen molar-refractivity contribution in [2.45, 2.75) is 13.8 Å². The number of hydrogen-bond acceptors (Lipinski definition) is 6. The molecule has 0 saturated carbocycles. The van der Waals surface area contributed by atoms with Crippen molar-refractivity contribution in [1.29, 1.82) is 0 Å². The van der Waals surface area contributed by atoms with Crippen LogP contribution in [0.4, 0.5) is 0 Å². The van der Waals surface area contributed by atoms with Crippen LogP contribution < -0.4 is 20.4 Å². The van der Waals surface area contributed by atoms with Crippen LogP contribution in [0.15, 0.2) is 54.7 Å². The van der Waals surface area contributed by atoms with Crippen LogP contribution in [0.25, 0.3) is 0 Å². The Labute approximate surface area is 190 Å². The molecule has 9 heteroatoms. The van der Waals surface area contributed by atoms with Crippen molar-refractivity contribution < 1.29 is 24.0 Å². The van der Waals surface area contributed by atoms with Gasteiger partial charge in [-0.3, -0.25) is 0 Å². The Hall–Kier alpha value is -2.90. The molecule has 6 nitrogen and oxygen atoms in total. The van der Waals surface area contributed by atoms with E-state index in [4.69, 9.17) is 37.3 Å². The van der Waals surface area contributed by atoms with Crippen LogP contribution in [0.1, 0.15) is 24.3 Å². The Morgan fingerprint density at radius 1 is 0.968 bits per heavy atom. The topological polar surface area (TPSA) is 77.9 Å². The molecule has 0 aliphatic heterocycles. The average Bonchev–Trinajstić information content (AvgIpc) is 2.75. The maximum Gasteiger partial charge on any atom is 0.430 e. The van der Waals surface area contributed by atoms with Gasteiger partial charge in [0.25, 0.3) is 0 Å². The number of aromatic hydroxyl groups is 1. The molecule has 0 amide bonds. The summed E-state index contributed by atoms with van der Waals surface area (Å²) in [5, 5.41) is 10.7. The minimum atomic E-state index is -0.866. The maximum atomic E-state index is 12.8. The van der Waals surface area contributed by atoms with E-state index in [1.54, 1.807) is 36.4 Å². The van der Waals surface area contributed by atoms with E-state index in [0.717, 1.165) is 0 Å². The first-order chi connectivity index (χ1) is 14.9. The van der Waals surface area contributed by atoms with Crippen LogP contribution in [-0.4, -0.2) is 36.2 Å². The van der Waals surface area contributed by atoms with E-state index in [0.29, 0.717) is 45.7 Å². The summed E-state index contributed by atoms with van der Waals surface area (Å²) in [6, 6.07) is 13.1. The average molecular weight is 460 g/mol. The number of hydrogen-bond donors (Lipinski definition) is 1. The number of carbonyl (C=O) groups is 1. The second kappa shape index (κ2) is 10.4. The van der Waals surface area contributed by atoms with Crippen LogP contribution in [0.2, 0.25) is 10.0 Å². The van der Waals surface area contributed by atoms with E-state index in [9.17, 15) is 9.90 Å². The van der Waals surface area contributed by atoms with Gasteiger partial charge in [-0.2, -0.15) is 0 Å². The summed E-state index contributed by atoms with van der Waals surface area (Å²) in [6.07, 6.45) is 1.40. The number of nitrogens with zero attached hydrogens (tertiary/aromatic N) is 1. The Bertz CT molecular complexity index is 1020. The first-order valence-corrected chi connectivity index (χ1v) is 10.4. The van der Waals surface area contributed by atoms with E-state index in [1.165, 1.54) is 18.3 Å². The van der Waals surface area contributed by atoms with Gasteiger partial charge in [-0.1, -0.05) is 35.3 Å². The third-order valence-electron chi connectivity index (χ3n) is 4.32. The third-order valence-corrected chi connectivity index (χ3v) is 4.91. The van der Waals surface area contributed by atoms with Crippen molar-refractivity contribution in [2.75, 3.05) is 13.2 Å². The second-order valence-electron chi connectivity index (χ2n) is 6.40. The molecule has 0 spiro atoms. The second-order valence-corrected chi connectivity index (χ2v) is 7.22. The third kappa shape index (κ3) is 5.43. The van der Waals surface area contributed by atoms with Gasteiger partial charge in [0.2, 0.25) is 0 Å². The van der Waals surface area contributed by atoms with Gasteiger partial charge in [0.05, 0.1) is 23.3 Å². The summed E-state index contributed by atoms with van der Waals surface area (Å²) in [5.74, 6) is -0.0333. The van der Waals surface area contributed by atoms with Gasteiger partial charge in [-0.05, 0) is 61.2 Å². The molecule has 0 aliphatic carbocycles. The van der Waals surface area contributed by atoms with Crippen molar-refractivity contribution in [2.24, 2.45) is 0 Å². The molecule has 160 valence electrons. The van der Waals surface area contributed by atoms with Crippen molar-refractivity contribution in [3.8, 4) is 17.2 Å². The lowest BCUT2D eigenvalue weighted by atomic mass is 9.55. The highest BCUT2D eigenvalue weighted by atomic mass is 35.5. The van der Waals surface area contributed by atoms with Crippen LogP contribution in [0.3, 0.4) is 0 Å². The predicted octanol–water partition coefficient (Wildman–Crippen LogP) is 3.85. The molecule has 1 aromatic heterocycles. The maximum absolute atomic E-state index is 12.8. The molecule has 2 aromatic carbocycles. The highest BCUT2D eigenvalue weighted by molar-refractivity contribution is 6.81. The number of ether oxygens (including phenoxy) is 2. The fourth-order valence-corrected chi connectivity index (χ4v) is 3.44. The number of benzene rings is 2. The van der Waals surface area contributed by atoms with Crippen LogP contribution in [0.5, 0.6) is 17.2 Å². The van der Waals surface area contributed by atoms with Crippen molar-refractivity contribution in [3.05, 3.63) is 70.5 Å². The molecule has 0 aliphatic rings. The fourth-order valence-electron chi connectivity index (χ4n) is 2.95. The van der Waals surface area contributed by atoms with Gasteiger partial charge in [0.1, 0.15) is 17.2 Å². The molecule has 3 rings (SSSR count). The van der Waals surface area contributed by atoms with E-state index >= 15 is 0 Å². The number of aromatic nitrogens is 1. The fraction of sp³-hybridized carbons (Fsp3) is 0.182. The van der Waals surface area contributed by atoms with Crippen molar-refractivity contribution in [3.63, 3.8) is 0 Å². The minimum absolute atomic E-state index is 0.193. The highest BCUT2D eigenvalue weighted by Gasteiger charge is 2.29. The van der Waals surface area contributed by atoms with Gasteiger partial charge in [-0.25, -0.2) is 9.78 Å². The molecule has 31 heavy (non-hydrogen) atoms. The van der Waals surface area contributed by atoms with Crippen LogP contribution >= 0.6 is 23.2 Å². The Morgan fingerprint density at radius 2 is 1.52 bits per heavy atom. The van der Waals surface area contributed by atoms with Gasteiger partial charge in [0, 0.05) is 6.20 Å². The summed E-state index contributed by atoms with van der Waals surface area (Å²) >= 11 is 12.7. The van der Waals surface area contributed by atoms with Gasteiger partial charge < -0.3 is 19.2 Å². The van der Waals surface area contributed by atoms with Crippen LogP contribution in [0, 0.1) is 0 Å². The molecular formula is C22H20BCl2NO5. The first kappa shape index (κ1) is 22.8. The number of carbonyl (C=O) groups excluding carboxylic acids is 1. The lowest BCUT2D eigenvalue weighted by Gasteiger charge is -2.17. The normalized spacial score (nSPS) is 10.5. The molecule has 3 aromatic rings. The standard InChI is InChI=1S/C22H20BCl2NO5/c1-3-29-19-9-7-14(12-16(19)24)23(15-8-10-20(30-4-2)17(25)13-15)31-22(28)21-18(27)6-5-11-26-21/h5-13,27H,3-4H2,1-2H3. The molecule has 0 atom stereocenters. The number of rotatable bonds is 8. The Kier molecular flexibility index (Phi) is 7.66. The SMILES string of the molecule is CCOc1ccc(B(OC(=O)c2ncccc2O)c2ccc(OCC)c(Cl)c2)cc1Cl. The number of halogens is 2. The molecule has 0 unspecified atom stereocenters. The number of pyridine rings is 1. The quantitative estimate of drug-likeness (QED) is 0.515. The molecule has 0 bridgehead atoms. The summed E-state index contributed by atoms with van der Waals surface area (Å²) < 4.78 is 16.7. The Morgan fingerprint density at radius 3 is 1.97 bits per heavy atom.